The molecule has 2 aliphatic carbocycles. The summed E-state index contributed by atoms with van der Waals surface area (Å²) in [7, 11) is 0. The lowest BCUT2D eigenvalue weighted by Gasteiger charge is -2.30. The largest absolute Gasteiger partial charge is 0.446 e. The Morgan fingerprint density at radius 3 is 2.33 bits per heavy atom. The first-order valence-electron chi connectivity index (χ1n) is 14.8. The van der Waals surface area contributed by atoms with Crippen LogP contribution in [0.15, 0.2) is 0 Å². The minimum Gasteiger partial charge on any atom is -0.446 e. The second kappa shape index (κ2) is 16.8. The summed E-state index contributed by atoms with van der Waals surface area (Å²) in [6.45, 7) is 2.21. The highest BCUT2D eigenvalue weighted by atomic mass is 32.2. The van der Waals surface area contributed by atoms with E-state index in [2.05, 4.69) is 5.32 Å². The molecule has 43 heavy (non-hydrogen) atoms. The highest BCUT2D eigenvalue weighted by Crippen LogP contribution is 2.34. The maximum absolute atomic E-state index is 13.1. The first kappa shape index (κ1) is 34.5. The zero-order valence-electron chi connectivity index (χ0n) is 24.5. The van der Waals surface area contributed by atoms with E-state index in [0.717, 1.165) is 0 Å². The number of Topliss-reactive ketones (excluding diaryl/α,β-unsaturated/α-hetero) is 4. The highest BCUT2D eigenvalue weighted by molar-refractivity contribution is 8.00. The van der Waals surface area contributed by atoms with Gasteiger partial charge in [-0.25, -0.2) is 0 Å². The molecule has 2 atom stereocenters. The predicted octanol–water partition coefficient (Wildman–Crippen LogP) is 0.143. The van der Waals surface area contributed by atoms with Gasteiger partial charge >= 0.3 is 5.97 Å². The van der Waals surface area contributed by atoms with Gasteiger partial charge in [0.2, 0.25) is 23.8 Å². The molecule has 13 nitrogen and oxygen atoms in total. The molecule has 14 heteroatoms. The van der Waals surface area contributed by atoms with Crippen molar-refractivity contribution in [1.29, 1.82) is 0 Å². The van der Waals surface area contributed by atoms with E-state index in [1.165, 1.54) is 23.6 Å². The average molecular weight is 624 g/mol. The number of esters is 1. The summed E-state index contributed by atoms with van der Waals surface area (Å²) in [5.74, 6) is -3.21. The zero-order chi connectivity index (χ0) is 31.5. The molecule has 2 saturated carbocycles. The van der Waals surface area contributed by atoms with E-state index in [-0.39, 0.29) is 117 Å². The van der Waals surface area contributed by atoms with Gasteiger partial charge in [0.1, 0.15) is 11.6 Å². The van der Waals surface area contributed by atoms with Gasteiger partial charge in [-0.15, -0.1) is 11.8 Å². The summed E-state index contributed by atoms with van der Waals surface area (Å²) in [5, 5.41) is 1.93. The predicted molar refractivity (Wildman–Crippen MR) is 153 cm³/mol. The standard InChI is InChI=1S/C29H41N3O10S/c1-17(33)20(12-21(34)8-10-41-11-9-31-25(37)14-30)16-43-24-13-26(38)32(28(24)39)15-18-2-4-19(5-3-18)29(40)42-27-22(35)6-7-23(27)36/h18-20,24,27H,2-16,30H2,1H3,(H,31,37). The molecule has 238 valence electrons. The van der Waals surface area contributed by atoms with Crippen LogP contribution in [0.25, 0.3) is 0 Å². The highest BCUT2D eigenvalue weighted by Gasteiger charge is 2.42. The summed E-state index contributed by atoms with van der Waals surface area (Å²) in [6.07, 6.45) is 1.25. The smallest absolute Gasteiger partial charge is 0.310 e. The number of ketones is 4. The number of imide groups is 1. The van der Waals surface area contributed by atoms with Crippen LogP contribution in [0.3, 0.4) is 0 Å². The molecule has 0 radical (unpaired) electrons. The molecule has 1 saturated heterocycles. The quantitative estimate of drug-likeness (QED) is 0.0964. The molecule has 1 heterocycles. The minimum absolute atomic E-state index is 0.0168. The summed E-state index contributed by atoms with van der Waals surface area (Å²) in [6, 6.07) is 0. The maximum Gasteiger partial charge on any atom is 0.310 e. The molecule has 0 aromatic carbocycles. The third kappa shape index (κ3) is 10.3. The van der Waals surface area contributed by atoms with Crippen molar-refractivity contribution in [2.75, 3.05) is 38.6 Å². The van der Waals surface area contributed by atoms with Crippen molar-refractivity contribution in [3.8, 4) is 0 Å². The Hall–Kier alpha value is -2.97. The van der Waals surface area contributed by atoms with Crippen LogP contribution < -0.4 is 11.1 Å². The van der Waals surface area contributed by atoms with Crippen LogP contribution >= 0.6 is 11.8 Å². The van der Waals surface area contributed by atoms with Crippen LogP contribution in [-0.4, -0.2) is 102 Å². The van der Waals surface area contributed by atoms with Crippen LogP contribution in [0.5, 0.6) is 0 Å². The van der Waals surface area contributed by atoms with Gasteiger partial charge in [-0.2, -0.15) is 0 Å². The Bertz CT molecular complexity index is 1090. The number of hydrogen-bond donors (Lipinski definition) is 2. The number of carbonyl (C=O) groups excluding carboxylic acids is 8. The molecular weight excluding hydrogens is 582 g/mol. The molecule has 3 aliphatic rings. The number of thioether (sulfide) groups is 1. The number of carbonyl (C=O) groups is 8. The van der Waals surface area contributed by atoms with Crippen LogP contribution in [0.2, 0.25) is 0 Å². The summed E-state index contributed by atoms with van der Waals surface area (Å²) in [5.41, 5.74) is 5.19. The molecule has 3 fully saturated rings. The van der Waals surface area contributed by atoms with Crippen molar-refractivity contribution in [2.45, 2.75) is 76.1 Å². The van der Waals surface area contributed by atoms with Crippen molar-refractivity contribution in [1.82, 2.24) is 10.2 Å². The van der Waals surface area contributed by atoms with Crippen LogP contribution in [0.4, 0.5) is 0 Å². The summed E-state index contributed by atoms with van der Waals surface area (Å²) < 4.78 is 10.5. The van der Waals surface area contributed by atoms with Crippen LogP contribution in [-0.2, 0) is 47.8 Å². The molecule has 0 aromatic rings. The molecule has 0 spiro atoms. The number of nitrogens with two attached hydrogens (primary N) is 1. The van der Waals surface area contributed by atoms with Crippen molar-refractivity contribution in [2.24, 2.45) is 23.5 Å². The number of rotatable bonds is 17. The Kier molecular flexibility index (Phi) is 13.5. The minimum atomic E-state index is -1.28. The molecule has 0 bridgehead atoms. The number of ether oxygens (including phenoxy) is 2. The van der Waals surface area contributed by atoms with E-state index < -0.39 is 29.2 Å². The molecule has 3 amide bonds. The van der Waals surface area contributed by atoms with E-state index in [1.54, 1.807) is 0 Å². The molecule has 1 aliphatic heterocycles. The SMILES string of the molecule is CC(=O)C(CSC1CC(=O)N(CC2CCC(C(=O)OC3C(=O)CCC3=O)CC2)C1=O)CC(=O)CCOCCNC(=O)CN. The second-order valence-corrected chi connectivity index (χ2v) is 12.5. The van der Waals surface area contributed by atoms with Gasteiger partial charge in [-0.05, 0) is 38.5 Å². The lowest BCUT2D eigenvalue weighted by molar-refractivity contribution is -0.162. The topological polar surface area (TPSA) is 196 Å². The Morgan fingerprint density at radius 1 is 1.02 bits per heavy atom. The summed E-state index contributed by atoms with van der Waals surface area (Å²) in [4.78, 5) is 98.7. The number of nitrogens with zero attached hydrogens (tertiary/aromatic N) is 1. The molecule has 3 rings (SSSR count). The van der Waals surface area contributed by atoms with Gasteiger partial charge in [0.25, 0.3) is 0 Å². The van der Waals surface area contributed by atoms with Crippen molar-refractivity contribution in [3.63, 3.8) is 0 Å². The zero-order valence-corrected chi connectivity index (χ0v) is 25.3. The Morgan fingerprint density at radius 2 is 1.70 bits per heavy atom. The first-order valence-corrected chi connectivity index (χ1v) is 15.8. The third-order valence-electron chi connectivity index (χ3n) is 8.09. The van der Waals surface area contributed by atoms with Gasteiger partial charge in [0.05, 0.1) is 30.9 Å². The van der Waals surface area contributed by atoms with Crippen molar-refractivity contribution < 1.29 is 47.8 Å². The molecule has 0 aromatic heterocycles. The average Bonchev–Trinajstić information content (AvgIpc) is 3.44. The number of nitrogens with one attached hydrogen (secondary N) is 1. The Labute approximate surface area is 254 Å². The number of hydrogen-bond acceptors (Lipinski definition) is 12. The number of likely N-dealkylation sites (tertiary alicyclic amines) is 1. The second-order valence-electron chi connectivity index (χ2n) is 11.3. The van der Waals surface area contributed by atoms with Crippen LogP contribution in [0, 0.1) is 17.8 Å². The van der Waals surface area contributed by atoms with Gasteiger partial charge < -0.3 is 20.5 Å². The lowest BCUT2D eigenvalue weighted by Crippen LogP contribution is -2.38. The van der Waals surface area contributed by atoms with Gasteiger partial charge in [-0.3, -0.25) is 43.3 Å². The Balaban J connectivity index is 1.37. The van der Waals surface area contributed by atoms with E-state index in [4.69, 9.17) is 15.2 Å². The fourth-order valence-electron chi connectivity index (χ4n) is 5.40. The van der Waals surface area contributed by atoms with Gasteiger partial charge in [0, 0.05) is 56.9 Å². The van der Waals surface area contributed by atoms with E-state index >= 15 is 0 Å². The van der Waals surface area contributed by atoms with E-state index in [0.29, 0.717) is 25.7 Å². The normalized spacial score (nSPS) is 23.5. The van der Waals surface area contributed by atoms with Gasteiger partial charge in [0.15, 0.2) is 11.6 Å². The summed E-state index contributed by atoms with van der Waals surface area (Å²) >= 11 is 1.22. The molecule has 3 N–H and O–H groups in total. The van der Waals surface area contributed by atoms with E-state index in [9.17, 15) is 38.4 Å². The van der Waals surface area contributed by atoms with Crippen LogP contribution in [0.1, 0.15) is 64.7 Å². The molecule has 2 unspecified atom stereocenters. The monoisotopic (exact) mass is 623 g/mol. The first-order chi connectivity index (χ1) is 20.5. The lowest BCUT2D eigenvalue weighted by atomic mass is 9.82. The molecular formula is C29H41N3O10S. The fourth-order valence-corrected chi connectivity index (χ4v) is 6.75. The fraction of sp³-hybridized carbons (Fsp3) is 0.724. The maximum atomic E-state index is 13.1. The third-order valence-corrected chi connectivity index (χ3v) is 9.45. The van der Waals surface area contributed by atoms with Crippen molar-refractivity contribution in [3.05, 3.63) is 0 Å². The van der Waals surface area contributed by atoms with Crippen molar-refractivity contribution >= 4 is 58.6 Å². The van der Waals surface area contributed by atoms with Gasteiger partial charge in [-0.1, -0.05) is 0 Å². The number of amides is 3. The van der Waals surface area contributed by atoms with E-state index in [1.807, 2.05) is 0 Å².